The average Bonchev–Trinajstić information content (AvgIpc) is 3.15. The Kier molecular flexibility index (Phi) is 8.54. The minimum atomic E-state index is -3.67. The number of imidazole rings is 1. The van der Waals surface area contributed by atoms with E-state index in [1.807, 2.05) is 76.2 Å². The summed E-state index contributed by atoms with van der Waals surface area (Å²) in [5.41, 5.74) is 4.20. The van der Waals surface area contributed by atoms with Crippen molar-refractivity contribution in [2.24, 2.45) is 11.8 Å². The molecule has 3 aromatic rings. The van der Waals surface area contributed by atoms with E-state index in [0.717, 1.165) is 22.4 Å². The average molecular weight is 496 g/mol. The van der Waals surface area contributed by atoms with Crippen molar-refractivity contribution in [2.75, 3.05) is 6.54 Å². The van der Waals surface area contributed by atoms with Crippen LogP contribution in [-0.4, -0.2) is 35.3 Å². The van der Waals surface area contributed by atoms with Gasteiger partial charge in [-0.1, -0.05) is 75.2 Å². The van der Waals surface area contributed by atoms with E-state index in [1.165, 1.54) is 0 Å². The summed E-state index contributed by atoms with van der Waals surface area (Å²) in [7, 11) is -3.67. The Hall–Kier alpha value is -2.93. The minimum Gasteiger partial charge on any atom is -0.333 e. The lowest BCUT2D eigenvalue weighted by molar-refractivity contribution is 0.0718. The summed E-state index contributed by atoms with van der Waals surface area (Å²) in [6.45, 7) is 13.5. The van der Waals surface area contributed by atoms with Gasteiger partial charge in [-0.15, -0.1) is 0 Å². The second-order valence-corrected chi connectivity index (χ2v) is 12.1. The smallest absolute Gasteiger partial charge is 0.254 e. The van der Waals surface area contributed by atoms with Crippen molar-refractivity contribution in [1.82, 2.24) is 14.5 Å². The molecule has 0 spiro atoms. The minimum absolute atomic E-state index is 0.0648. The van der Waals surface area contributed by atoms with Crippen LogP contribution in [0.3, 0.4) is 0 Å². The van der Waals surface area contributed by atoms with Crippen LogP contribution in [0.5, 0.6) is 0 Å². The Labute approximate surface area is 209 Å². The number of aromatic nitrogens is 2. The van der Waals surface area contributed by atoms with Gasteiger partial charge in [0.05, 0.1) is 24.2 Å². The number of aryl methyl sites for hydroxylation is 2. The highest BCUT2D eigenvalue weighted by Gasteiger charge is 2.26. The van der Waals surface area contributed by atoms with E-state index in [4.69, 9.17) is 0 Å². The standard InChI is InChI=1S/C28H37N3O3S/c1-20(2)16-30(27(32)25-12-10-22(5)11-13-25)18-26-15-29-28(31(26)17-21(3)4)35(33,34)19-24-9-7-8-23(6)14-24/h7-15,20-21H,16-19H2,1-6H3. The number of carbonyl (C=O) groups is 1. The van der Waals surface area contributed by atoms with Gasteiger partial charge in [0.2, 0.25) is 15.0 Å². The number of carbonyl (C=O) groups excluding carboxylic acids is 1. The zero-order valence-electron chi connectivity index (χ0n) is 21.7. The Morgan fingerprint density at radius 2 is 1.66 bits per heavy atom. The van der Waals surface area contributed by atoms with Crippen molar-refractivity contribution in [2.45, 2.75) is 65.5 Å². The number of sulfone groups is 1. The van der Waals surface area contributed by atoms with Crippen LogP contribution in [0.1, 0.15) is 60.4 Å². The van der Waals surface area contributed by atoms with Gasteiger partial charge in [-0.25, -0.2) is 13.4 Å². The second kappa shape index (κ2) is 11.2. The molecule has 0 aliphatic carbocycles. The quantitative estimate of drug-likeness (QED) is 0.376. The van der Waals surface area contributed by atoms with Crippen LogP contribution >= 0.6 is 0 Å². The molecule has 188 valence electrons. The number of hydrogen-bond acceptors (Lipinski definition) is 4. The van der Waals surface area contributed by atoms with E-state index in [0.29, 0.717) is 25.2 Å². The van der Waals surface area contributed by atoms with Crippen LogP contribution in [-0.2, 0) is 28.7 Å². The van der Waals surface area contributed by atoms with Crippen molar-refractivity contribution in [3.05, 3.63) is 82.7 Å². The molecule has 1 amide bonds. The highest BCUT2D eigenvalue weighted by atomic mass is 32.2. The van der Waals surface area contributed by atoms with Crippen LogP contribution in [0.4, 0.5) is 0 Å². The molecule has 0 atom stereocenters. The van der Waals surface area contributed by atoms with Gasteiger partial charge in [-0.2, -0.15) is 0 Å². The fourth-order valence-electron chi connectivity index (χ4n) is 4.15. The second-order valence-electron chi connectivity index (χ2n) is 10.2. The number of benzene rings is 2. The maximum atomic E-state index is 13.4. The predicted molar refractivity (Wildman–Crippen MR) is 140 cm³/mol. The third kappa shape index (κ3) is 7.04. The van der Waals surface area contributed by atoms with E-state index >= 15 is 0 Å². The van der Waals surface area contributed by atoms with Gasteiger partial charge < -0.3 is 9.47 Å². The molecule has 0 bridgehead atoms. The summed E-state index contributed by atoms with van der Waals surface area (Å²) in [6, 6.07) is 15.1. The van der Waals surface area contributed by atoms with Crippen molar-refractivity contribution >= 4 is 15.7 Å². The lowest BCUT2D eigenvalue weighted by atomic mass is 10.1. The van der Waals surface area contributed by atoms with Crippen LogP contribution in [0.15, 0.2) is 59.9 Å². The predicted octanol–water partition coefficient (Wildman–Crippen LogP) is 5.43. The molecule has 0 N–H and O–H groups in total. The van der Waals surface area contributed by atoms with Gasteiger partial charge >= 0.3 is 0 Å². The summed E-state index contributed by atoms with van der Waals surface area (Å²) in [4.78, 5) is 19.5. The number of nitrogens with zero attached hydrogens (tertiary/aromatic N) is 3. The maximum Gasteiger partial charge on any atom is 0.254 e. The largest absolute Gasteiger partial charge is 0.333 e. The van der Waals surface area contributed by atoms with Crippen molar-refractivity contribution in [3.8, 4) is 0 Å². The molecule has 0 fully saturated rings. The Morgan fingerprint density at radius 3 is 2.26 bits per heavy atom. The molecule has 1 aromatic heterocycles. The molecule has 0 radical (unpaired) electrons. The molecule has 0 unspecified atom stereocenters. The van der Waals surface area contributed by atoms with Gasteiger partial charge in [0.1, 0.15) is 0 Å². The van der Waals surface area contributed by atoms with Crippen LogP contribution in [0, 0.1) is 25.7 Å². The Balaban J connectivity index is 1.96. The lowest BCUT2D eigenvalue weighted by Crippen LogP contribution is -2.34. The molecule has 2 aromatic carbocycles. The first-order valence-corrected chi connectivity index (χ1v) is 13.8. The summed E-state index contributed by atoms with van der Waals surface area (Å²) in [5.74, 6) is 0.291. The van der Waals surface area contributed by atoms with Gasteiger partial charge in [0.15, 0.2) is 0 Å². The molecular weight excluding hydrogens is 458 g/mol. The zero-order valence-corrected chi connectivity index (χ0v) is 22.5. The first kappa shape index (κ1) is 26.7. The molecule has 0 aliphatic heterocycles. The fraction of sp³-hybridized carbons (Fsp3) is 0.429. The SMILES string of the molecule is Cc1ccc(C(=O)N(Cc2cnc(S(=O)(=O)Cc3cccc(C)c3)n2CC(C)C)CC(C)C)cc1. The van der Waals surface area contributed by atoms with Gasteiger partial charge in [0, 0.05) is 18.7 Å². The van der Waals surface area contributed by atoms with Crippen molar-refractivity contribution in [1.29, 1.82) is 0 Å². The van der Waals surface area contributed by atoms with E-state index in [1.54, 1.807) is 15.7 Å². The maximum absolute atomic E-state index is 13.4. The molecule has 35 heavy (non-hydrogen) atoms. The zero-order chi connectivity index (χ0) is 25.8. The monoisotopic (exact) mass is 495 g/mol. The molecule has 0 aliphatic rings. The Morgan fingerprint density at radius 1 is 0.971 bits per heavy atom. The molecule has 1 heterocycles. The van der Waals surface area contributed by atoms with E-state index in [2.05, 4.69) is 18.8 Å². The highest BCUT2D eigenvalue weighted by molar-refractivity contribution is 7.90. The third-order valence-electron chi connectivity index (χ3n) is 5.69. The molecule has 0 saturated carbocycles. The summed E-state index contributed by atoms with van der Waals surface area (Å²) in [6.07, 6.45) is 1.61. The molecule has 6 nitrogen and oxygen atoms in total. The van der Waals surface area contributed by atoms with E-state index in [9.17, 15) is 13.2 Å². The van der Waals surface area contributed by atoms with Gasteiger partial charge in [-0.05, 0) is 43.4 Å². The van der Waals surface area contributed by atoms with Crippen LogP contribution in [0.25, 0.3) is 0 Å². The molecular formula is C28H37N3O3S. The third-order valence-corrected chi connectivity index (χ3v) is 7.29. The first-order valence-electron chi connectivity index (χ1n) is 12.1. The first-order chi connectivity index (χ1) is 16.5. The number of hydrogen-bond donors (Lipinski definition) is 0. The fourth-order valence-corrected chi connectivity index (χ4v) is 5.64. The van der Waals surface area contributed by atoms with Gasteiger partial charge in [-0.3, -0.25) is 4.79 Å². The molecule has 3 rings (SSSR count). The Bertz CT molecular complexity index is 1260. The number of rotatable bonds is 10. The van der Waals surface area contributed by atoms with E-state index < -0.39 is 9.84 Å². The van der Waals surface area contributed by atoms with Crippen molar-refractivity contribution < 1.29 is 13.2 Å². The summed E-state index contributed by atoms with van der Waals surface area (Å²) >= 11 is 0. The summed E-state index contributed by atoms with van der Waals surface area (Å²) < 4.78 is 28.6. The molecule has 7 heteroatoms. The number of amides is 1. The molecule has 0 saturated heterocycles. The van der Waals surface area contributed by atoms with Crippen molar-refractivity contribution in [3.63, 3.8) is 0 Å². The van der Waals surface area contributed by atoms with Gasteiger partial charge in [0.25, 0.3) is 5.91 Å². The normalized spacial score (nSPS) is 11.9. The van der Waals surface area contributed by atoms with E-state index in [-0.39, 0.29) is 28.7 Å². The lowest BCUT2D eigenvalue weighted by Gasteiger charge is -2.26. The highest BCUT2D eigenvalue weighted by Crippen LogP contribution is 2.22. The van der Waals surface area contributed by atoms with Crippen LogP contribution < -0.4 is 0 Å². The van der Waals surface area contributed by atoms with Crippen LogP contribution in [0.2, 0.25) is 0 Å². The summed E-state index contributed by atoms with van der Waals surface area (Å²) in [5, 5.41) is 0.0648. The topological polar surface area (TPSA) is 72.3 Å².